The average Bonchev–Trinajstić information content (AvgIpc) is 3.27. The third kappa shape index (κ3) is 2.95. The van der Waals surface area contributed by atoms with Gasteiger partial charge in [-0.25, -0.2) is 4.68 Å². The van der Waals surface area contributed by atoms with Crippen molar-refractivity contribution < 1.29 is 4.74 Å². The number of nitrogens with zero attached hydrogens (tertiary/aromatic N) is 4. The molecule has 1 aliphatic carbocycles. The van der Waals surface area contributed by atoms with Crippen LogP contribution in [0, 0.1) is 12.8 Å². The number of halogens is 1. The number of ether oxygens (including phenoxy) is 1. The second kappa shape index (κ2) is 5.92. The lowest BCUT2D eigenvalue weighted by molar-refractivity contribution is 0.304. The van der Waals surface area contributed by atoms with E-state index in [4.69, 9.17) is 4.74 Å². The van der Waals surface area contributed by atoms with E-state index >= 15 is 0 Å². The first kappa shape index (κ1) is 14.6. The maximum absolute atomic E-state index is 5.96. The number of benzene rings is 1. The van der Waals surface area contributed by atoms with Crippen LogP contribution in [0.25, 0.3) is 11.0 Å². The number of aromatic nitrogens is 4. The van der Waals surface area contributed by atoms with E-state index in [1.807, 2.05) is 36.0 Å². The highest BCUT2D eigenvalue weighted by atomic mass is 79.9. The zero-order valence-corrected chi connectivity index (χ0v) is 14.5. The van der Waals surface area contributed by atoms with E-state index in [1.165, 1.54) is 12.8 Å². The molecular weight excluding hydrogens is 356 g/mol. The number of hydrogen-bond acceptors (Lipinski definition) is 4. The van der Waals surface area contributed by atoms with Crippen LogP contribution in [-0.4, -0.2) is 20.0 Å². The van der Waals surface area contributed by atoms with Crippen molar-refractivity contribution in [3.63, 3.8) is 0 Å². The molecule has 0 saturated heterocycles. The second-order valence-electron chi connectivity index (χ2n) is 6.05. The molecular formula is C17H17BrN4O. The molecule has 118 valence electrons. The zero-order chi connectivity index (χ0) is 15.8. The lowest BCUT2D eigenvalue weighted by Gasteiger charge is -2.10. The molecule has 3 aromatic rings. The molecule has 0 amide bonds. The minimum absolute atomic E-state index is 0.509. The summed E-state index contributed by atoms with van der Waals surface area (Å²) in [6.45, 7) is 3.50. The molecule has 1 saturated carbocycles. The summed E-state index contributed by atoms with van der Waals surface area (Å²) in [6.07, 6.45) is 6.23. The SMILES string of the molecule is Cc1cnccc1COc1ccc2c(nnn2CC2CC2)c1Br. The van der Waals surface area contributed by atoms with Crippen molar-refractivity contribution in [3.8, 4) is 5.75 Å². The van der Waals surface area contributed by atoms with Crippen LogP contribution >= 0.6 is 15.9 Å². The number of pyridine rings is 1. The van der Waals surface area contributed by atoms with Crippen LogP contribution in [0.3, 0.4) is 0 Å². The molecule has 4 rings (SSSR count). The highest BCUT2D eigenvalue weighted by molar-refractivity contribution is 9.10. The minimum atomic E-state index is 0.509. The topological polar surface area (TPSA) is 52.8 Å². The van der Waals surface area contributed by atoms with Gasteiger partial charge in [0.15, 0.2) is 0 Å². The fourth-order valence-electron chi connectivity index (χ4n) is 2.60. The molecule has 5 nitrogen and oxygen atoms in total. The molecule has 1 aliphatic rings. The molecule has 1 aromatic carbocycles. The van der Waals surface area contributed by atoms with Gasteiger partial charge in [-0.1, -0.05) is 5.21 Å². The lowest BCUT2D eigenvalue weighted by atomic mass is 10.2. The van der Waals surface area contributed by atoms with Gasteiger partial charge >= 0.3 is 0 Å². The molecule has 2 heterocycles. The summed E-state index contributed by atoms with van der Waals surface area (Å²) in [6, 6.07) is 6.00. The van der Waals surface area contributed by atoms with Crippen LogP contribution < -0.4 is 4.74 Å². The average molecular weight is 373 g/mol. The second-order valence-corrected chi connectivity index (χ2v) is 6.84. The normalized spacial score (nSPS) is 14.3. The van der Waals surface area contributed by atoms with E-state index < -0.39 is 0 Å². The molecule has 23 heavy (non-hydrogen) atoms. The molecule has 0 atom stereocenters. The van der Waals surface area contributed by atoms with Gasteiger partial charge in [0.05, 0.1) is 9.99 Å². The first-order valence-corrected chi connectivity index (χ1v) is 8.55. The Balaban J connectivity index is 1.58. The molecule has 0 unspecified atom stereocenters. The van der Waals surface area contributed by atoms with Gasteiger partial charge in [0, 0.05) is 18.9 Å². The van der Waals surface area contributed by atoms with Gasteiger partial charge in [-0.05, 0) is 70.9 Å². The Labute approximate surface area is 142 Å². The monoisotopic (exact) mass is 372 g/mol. The highest BCUT2D eigenvalue weighted by Gasteiger charge is 2.23. The molecule has 0 N–H and O–H groups in total. The van der Waals surface area contributed by atoms with Crippen molar-refractivity contribution in [1.29, 1.82) is 0 Å². The number of rotatable bonds is 5. The van der Waals surface area contributed by atoms with Crippen LogP contribution in [0.5, 0.6) is 5.75 Å². The van der Waals surface area contributed by atoms with Crippen molar-refractivity contribution >= 4 is 27.0 Å². The van der Waals surface area contributed by atoms with Gasteiger partial charge in [-0.3, -0.25) is 4.98 Å². The van der Waals surface area contributed by atoms with E-state index in [2.05, 4.69) is 31.2 Å². The maximum atomic E-state index is 5.96. The Morgan fingerprint density at radius 1 is 1.30 bits per heavy atom. The van der Waals surface area contributed by atoms with Crippen molar-refractivity contribution in [3.05, 3.63) is 46.2 Å². The van der Waals surface area contributed by atoms with E-state index in [0.29, 0.717) is 6.61 Å². The van der Waals surface area contributed by atoms with Gasteiger partial charge < -0.3 is 4.74 Å². The Hall–Kier alpha value is -1.95. The smallest absolute Gasteiger partial charge is 0.136 e. The first-order chi connectivity index (χ1) is 11.2. The zero-order valence-electron chi connectivity index (χ0n) is 12.9. The first-order valence-electron chi connectivity index (χ1n) is 7.76. The third-order valence-corrected chi connectivity index (χ3v) is 5.00. The highest BCUT2D eigenvalue weighted by Crippen LogP contribution is 2.35. The summed E-state index contributed by atoms with van der Waals surface area (Å²) in [4.78, 5) is 4.10. The number of hydrogen-bond donors (Lipinski definition) is 0. The molecule has 2 aromatic heterocycles. The van der Waals surface area contributed by atoms with Gasteiger partial charge in [0.25, 0.3) is 0 Å². The summed E-state index contributed by atoms with van der Waals surface area (Å²) in [5, 5.41) is 8.59. The third-order valence-electron chi connectivity index (χ3n) is 4.24. The fourth-order valence-corrected chi connectivity index (χ4v) is 3.13. The Bertz CT molecular complexity index is 857. The molecule has 1 fully saturated rings. The Morgan fingerprint density at radius 2 is 2.17 bits per heavy atom. The summed E-state index contributed by atoms with van der Waals surface area (Å²) in [5.41, 5.74) is 4.16. The van der Waals surface area contributed by atoms with Crippen LogP contribution in [0.1, 0.15) is 24.0 Å². The number of aryl methyl sites for hydroxylation is 1. The van der Waals surface area contributed by atoms with Crippen molar-refractivity contribution in [1.82, 2.24) is 20.0 Å². The largest absolute Gasteiger partial charge is 0.488 e. The van der Waals surface area contributed by atoms with Gasteiger partial charge in [0.1, 0.15) is 17.9 Å². The lowest BCUT2D eigenvalue weighted by Crippen LogP contribution is -2.02. The minimum Gasteiger partial charge on any atom is -0.488 e. The van der Waals surface area contributed by atoms with Gasteiger partial charge in [0.2, 0.25) is 0 Å². The fraction of sp³-hybridized carbons (Fsp3) is 0.353. The van der Waals surface area contributed by atoms with Crippen molar-refractivity contribution in [2.24, 2.45) is 5.92 Å². The molecule has 0 bridgehead atoms. The standard InChI is InChI=1S/C17H17BrN4O/c1-11-8-19-7-6-13(11)10-23-15-5-4-14-17(16(15)18)20-21-22(14)9-12-2-3-12/h4-8,12H,2-3,9-10H2,1H3. The van der Waals surface area contributed by atoms with Crippen LogP contribution in [0.15, 0.2) is 35.1 Å². The Kier molecular flexibility index (Phi) is 3.77. The summed E-state index contributed by atoms with van der Waals surface area (Å²) < 4.78 is 8.82. The maximum Gasteiger partial charge on any atom is 0.136 e. The van der Waals surface area contributed by atoms with Crippen LogP contribution in [0.4, 0.5) is 0 Å². The number of fused-ring (bicyclic) bond motifs is 1. The van der Waals surface area contributed by atoms with Gasteiger partial charge in [-0.2, -0.15) is 0 Å². The Morgan fingerprint density at radius 3 is 2.96 bits per heavy atom. The molecule has 0 radical (unpaired) electrons. The van der Waals surface area contributed by atoms with Crippen LogP contribution in [0.2, 0.25) is 0 Å². The predicted octanol–water partition coefficient (Wildman–Crippen LogP) is 3.89. The molecule has 6 heteroatoms. The van der Waals surface area contributed by atoms with Crippen LogP contribution in [-0.2, 0) is 13.2 Å². The summed E-state index contributed by atoms with van der Waals surface area (Å²) in [7, 11) is 0. The van der Waals surface area contributed by atoms with E-state index in [1.54, 1.807) is 6.20 Å². The predicted molar refractivity (Wildman–Crippen MR) is 91.3 cm³/mol. The summed E-state index contributed by atoms with van der Waals surface area (Å²) >= 11 is 3.62. The van der Waals surface area contributed by atoms with E-state index in [-0.39, 0.29) is 0 Å². The molecule has 0 spiro atoms. The van der Waals surface area contributed by atoms with E-state index in [9.17, 15) is 0 Å². The van der Waals surface area contributed by atoms with Crippen molar-refractivity contribution in [2.75, 3.05) is 0 Å². The molecule has 0 aliphatic heterocycles. The quantitative estimate of drug-likeness (QED) is 0.681. The van der Waals surface area contributed by atoms with E-state index in [0.717, 1.165) is 44.8 Å². The van der Waals surface area contributed by atoms with Gasteiger partial charge in [-0.15, -0.1) is 5.10 Å². The van der Waals surface area contributed by atoms with Crippen molar-refractivity contribution in [2.45, 2.75) is 32.9 Å². The summed E-state index contributed by atoms with van der Waals surface area (Å²) in [5.74, 6) is 1.55.